The number of piperidine rings is 1. The first-order chi connectivity index (χ1) is 6.74. The maximum absolute atomic E-state index is 4.39. The molecule has 0 radical (unpaired) electrons. The molecular formula is C10H16BrN3. The predicted octanol–water partition coefficient (Wildman–Crippen LogP) is 1.78. The summed E-state index contributed by atoms with van der Waals surface area (Å²) in [6.07, 6.45) is 4.60. The lowest BCUT2D eigenvalue weighted by atomic mass is 10.1. The lowest BCUT2D eigenvalue weighted by Gasteiger charge is -2.29. The first-order valence-electron chi connectivity index (χ1n) is 5.09. The molecule has 0 N–H and O–H groups in total. The molecule has 1 aliphatic rings. The Hall–Kier alpha value is -0.350. The zero-order valence-electron chi connectivity index (χ0n) is 8.49. The van der Waals surface area contributed by atoms with E-state index < -0.39 is 0 Å². The van der Waals surface area contributed by atoms with Crippen LogP contribution in [0.4, 0.5) is 0 Å². The van der Waals surface area contributed by atoms with Crippen molar-refractivity contribution in [3.05, 3.63) is 18.0 Å². The minimum absolute atomic E-state index is 0.667. The number of aryl methyl sites for hydroxylation is 1. The SMILES string of the molecule is Cn1ccc(CN2CCCC(Br)C2)n1. The van der Waals surface area contributed by atoms with E-state index in [1.807, 2.05) is 17.9 Å². The van der Waals surface area contributed by atoms with Gasteiger partial charge in [-0.3, -0.25) is 9.58 Å². The van der Waals surface area contributed by atoms with Crippen molar-refractivity contribution in [1.29, 1.82) is 0 Å². The summed E-state index contributed by atoms with van der Waals surface area (Å²) in [6.45, 7) is 3.35. The smallest absolute Gasteiger partial charge is 0.0764 e. The summed E-state index contributed by atoms with van der Waals surface area (Å²) in [6, 6.07) is 2.10. The Kier molecular flexibility index (Phi) is 3.23. The molecule has 1 atom stereocenters. The van der Waals surface area contributed by atoms with E-state index in [1.165, 1.54) is 25.1 Å². The Morgan fingerprint density at radius 3 is 3.14 bits per heavy atom. The first kappa shape index (κ1) is 10.2. The minimum atomic E-state index is 0.667. The molecule has 1 aliphatic heterocycles. The standard InChI is InChI=1S/C10H16BrN3/c1-13-6-4-10(12-13)8-14-5-2-3-9(11)7-14/h4,6,9H,2-3,5,7-8H2,1H3. The third kappa shape index (κ3) is 2.58. The van der Waals surface area contributed by atoms with Gasteiger partial charge in [0.25, 0.3) is 0 Å². The summed E-state index contributed by atoms with van der Waals surface area (Å²) in [4.78, 5) is 3.13. The predicted molar refractivity (Wildman–Crippen MR) is 60.4 cm³/mol. The summed E-state index contributed by atoms with van der Waals surface area (Å²) >= 11 is 3.68. The van der Waals surface area contributed by atoms with Gasteiger partial charge >= 0.3 is 0 Å². The number of likely N-dealkylation sites (tertiary alicyclic amines) is 1. The van der Waals surface area contributed by atoms with Gasteiger partial charge in [0.1, 0.15) is 0 Å². The van der Waals surface area contributed by atoms with Crippen LogP contribution in [0.5, 0.6) is 0 Å². The van der Waals surface area contributed by atoms with Gasteiger partial charge in [-0.15, -0.1) is 0 Å². The number of rotatable bonds is 2. The van der Waals surface area contributed by atoms with Crippen LogP contribution in [-0.4, -0.2) is 32.6 Å². The molecule has 0 bridgehead atoms. The van der Waals surface area contributed by atoms with Crippen molar-refractivity contribution < 1.29 is 0 Å². The Morgan fingerprint density at radius 2 is 2.50 bits per heavy atom. The van der Waals surface area contributed by atoms with Gasteiger partial charge in [0.05, 0.1) is 5.69 Å². The van der Waals surface area contributed by atoms with Crippen molar-refractivity contribution in [3.63, 3.8) is 0 Å². The van der Waals surface area contributed by atoms with Crippen molar-refractivity contribution in [2.45, 2.75) is 24.2 Å². The molecule has 78 valence electrons. The molecule has 4 heteroatoms. The van der Waals surface area contributed by atoms with Gasteiger partial charge in [-0.1, -0.05) is 15.9 Å². The highest BCUT2D eigenvalue weighted by Gasteiger charge is 2.17. The molecule has 3 nitrogen and oxygen atoms in total. The summed E-state index contributed by atoms with van der Waals surface area (Å²) in [5.41, 5.74) is 1.18. The number of aromatic nitrogens is 2. The molecule has 2 rings (SSSR count). The fraction of sp³-hybridized carbons (Fsp3) is 0.700. The number of hydrogen-bond donors (Lipinski definition) is 0. The molecule has 0 aliphatic carbocycles. The van der Waals surface area contributed by atoms with Gasteiger partial charge in [0.2, 0.25) is 0 Å². The van der Waals surface area contributed by atoms with Crippen molar-refractivity contribution >= 4 is 15.9 Å². The first-order valence-corrected chi connectivity index (χ1v) is 6.00. The van der Waals surface area contributed by atoms with E-state index in [2.05, 4.69) is 32.0 Å². The maximum atomic E-state index is 4.39. The molecule has 2 heterocycles. The largest absolute Gasteiger partial charge is 0.296 e. The molecule has 0 amide bonds. The quantitative estimate of drug-likeness (QED) is 0.754. The molecular weight excluding hydrogens is 242 g/mol. The molecule has 0 saturated carbocycles. The topological polar surface area (TPSA) is 21.1 Å². The number of nitrogens with zero attached hydrogens (tertiary/aromatic N) is 3. The van der Waals surface area contributed by atoms with Crippen molar-refractivity contribution in [3.8, 4) is 0 Å². The Bertz CT molecular complexity index is 297. The van der Waals surface area contributed by atoms with Crippen molar-refractivity contribution in [2.24, 2.45) is 7.05 Å². The van der Waals surface area contributed by atoms with Gasteiger partial charge in [0.15, 0.2) is 0 Å². The van der Waals surface area contributed by atoms with Crippen LogP contribution in [0.1, 0.15) is 18.5 Å². The monoisotopic (exact) mass is 257 g/mol. The second-order valence-corrected chi connectivity index (χ2v) is 5.25. The normalized spacial score (nSPS) is 24.0. The van der Waals surface area contributed by atoms with E-state index >= 15 is 0 Å². The maximum Gasteiger partial charge on any atom is 0.0764 e. The van der Waals surface area contributed by atoms with Gasteiger partial charge in [-0.05, 0) is 25.5 Å². The van der Waals surface area contributed by atoms with E-state index in [0.29, 0.717) is 4.83 Å². The molecule has 1 saturated heterocycles. The number of halogens is 1. The van der Waals surface area contributed by atoms with Gasteiger partial charge in [-0.2, -0.15) is 5.10 Å². The van der Waals surface area contributed by atoms with Crippen LogP contribution in [0.15, 0.2) is 12.3 Å². The van der Waals surface area contributed by atoms with E-state index in [9.17, 15) is 0 Å². The fourth-order valence-corrected chi connectivity index (χ4v) is 2.65. The lowest BCUT2D eigenvalue weighted by molar-refractivity contribution is 0.225. The Morgan fingerprint density at radius 1 is 1.64 bits per heavy atom. The molecule has 14 heavy (non-hydrogen) atoms. The van der Waals surface area contributed by atoms with Crippen molar-refractivity contribution in [2.75, 3.05) is 13.1 Å². The minimum Gasteiger partial charge on any atom is -0.296 e. The van der Waals surface area contributed by atoms with Crippen LogP contribution in [0.2, 0.25) is 0 Å². The summed E-state index contributed by atoms with van der Waals surface area (Å²) in [5.74, 6) is 0. The average Bonchev–Trinajstić information content (AvgIpc) is 2.51. The van der Waals surface area contributed by atoms with E-state index in [0.717, 1.165) is 13.1 Å². The fourth-order valence-electron chi connectivity index (χ4n) is 1.92. The second kappa shape index (κ2) is 4.45. The van der Waals surface area contributed by atoms with Crippen LogP contribution >= 0.6 is 15.9 Å². The molecule has 1 unspecified atom stereocenters. The highest BCUT2D eigenvalue weighted by Crippen LogP contribution is 2.18. The number of alkyl halides is 1. The highest BCUT2D eigenvalue weighted by atomic mass is 79.9. The van der Waals surface area contributed by atoms with Crippen LogP contribution in [0, 0.1) is 0 Å². The summed E-state index contributed by atoms with van der Waals surface area (Å²) in [7, 11) is 1.97. The zero-order chi connectivity index (χ0) is 9.97. The third-order valence-corrected chi connectivity index (χ3v) is 3.35. The van der Waals surface area contributed by atoms with Crippen LogP contribution in [0.25, 0.3) is 0 Å². The van der Waals surface area contributed by atoms with E-state index in [1.54, 1.807) is 0 Å². The van der Waals surface area contributed by atoms with Crippen LogP contribution < -0.4 is 0 Å². The molecule has 1 fully saturated rings. The van der Waals surface area contributed by atoms with Gasteiger partial charge in [-0.25, -0.2) is 0 Å². The van der Waals surface area contributed by atoms with Crippen LogP contribution in [-0.2, 0) is 13.6 Å². The van der Waals surface area contributed by atoms with Crippen LogP contribution in [0.3, 0.4) is 0 Å². The average molecular weight is 258 g/mol. The molecule has 1 aromatic heterocycles. The number of hydrogen-bond acceptors (Lipinski definition) is 2. The summed E-state index contributed by atoms with van der Waals surface area (Å²) in [5, 5.41) is 4.39. The van der Waals surface area contributed by atoms with E-state index in [-0.39, 0.29) is 0 Å². The molecule has 0 spiro atoms. The van der Waals surface area contributed by atoms with Gasteiger partial charge < -0.3 is 0 Å². The molecule has 0 aromatic carbocycles. The second-order valence-electron chi connectivity index (χ2n) is 3.96. The zero-order valence-corrected chi connectivity index (χ0v) is 10.1. The van der Waals surface area contributed by atoms with E-state index in [4.69, 9.17) is 0 Å². The molecule has 1 aromatic rings. The Balaban J connectivity index is 1.90. The van der Waals surface area contributed by atoms with Gasteiger partial charge in [0, 0.05) is 31.2 Å². The highest BCUT2D eigenvalue weighted by molar-refractivity contribution is 9.09. The lowest BCUT2D eigenvalue weighted by Crippen LogP contribution is -2.35. The summed E-state index contributed by atoms with van der Waals surface area (Å²) < 4.78 is 1.87. The van der Waals surface area contributed by atoms with Crippen molar-refractivity contribution in [1.82, 2.24) is 14.7 Å². The third-order valence-electron chi connectivity index (χ3n) is 2.60. The Labute approximate surface area is 93.2 Å².